The van der Waals surface area contributed by atoms with Crippen LogP contribution >= 0.6 is 11.8 Å². The maximum atomic E-state index is 12.9. The van der Waals surface area contributed by atoms with Crippen LogP contribution in [-0.4, -0.2) is 35.2 Å². The molecule has 1 aromatic rings. The number of amides is 2. The molecule has 1 saturated heterocycles. The Balaban J connectivity index is 2.02. The number of thioether (sulfide) groups is 1. The molecule has 1 fully saturated rings. The summed E-state index contributed by atoms with van der Waals surface area (Å²) >= 11 is 0.748. The van der Waals surface area contributed by atoms with Crippen molar-refractivity contribution in [3.8, 4) is 0 Å². The van der Waals surface area contributed by atoms with Crippen LogP contribution in [0.3, 0.4) is 0 Å². The van der Waals surface area contributed by atoms with Gasteiger partial charge in [-0.2, -0.15) is 0 Å². The van der Waals surface area contributed by atoms with Gasteiger partial charge >= 0.3 is 5.97 Å². The number of imide groups is 1. The largest absolute Gasteiger partial charge is 0.464 e. The number of halogens is 1. The number of ether oxygens (including phenoxy) is 1. The number of carbonyl (C=O) groups is 3. The SMILES string of the molecule is CCCCOC(=O)CN1C(=O)S/C(=C/c2ccc(F)cc2)C1=O. The number of hydrogen-bond donors (Lipinski definition) is 0. The summed E-state index contributed by atoms with van der Waals surface area (Å²) in [4.78, 5) is 36.7. The van der Waals surface area contributed by atoms with E-state index in [-0.39, 0.29) is 17.3 Å². The van der Waals surface area contributed by atoms with Crippen LogP contribution in [0.15, 0.2) is 29.2 Å². The number of unbranched alkanes of at least 4 members (excludes halogenated alkanes) is 1. The van der Waals surface area contributed by atoms with Crippen LogP contribution in [0.1, 0.15) is 25.3 Å². The topological polar surface area (TPSA) is 63.7 Å². The molecule has 0 saturated carbocycles. The van der Waals surface area contributed by atoms with Crippen LogP contribution in [0.2, 0.25) is 0 Å². The maximum Gasteiger partial charge on any atom is 0.326 e. The number of esters is 1. The molecule has 1 aromatic carbocycles. The van der Waals surface area contributed by atoms with Gasteiger partial charge in [0.05, 0.1) is 11.5 Å². The molecule has 0 spiro atoms. The third-order valence-electron chi connectivity index (χ3n) is 3.09. The Labute approximate surface area is 137 Å². The van der Waals surface area contributed by atoms with Crippen LogP contribution in [0.25, 0.3) is 6.08 Å². The van der Waals surface area contributed by atoms with Gasteiger partial charge in [0.25, 0.3) is 11.1 Å². The van der Waals surface area contributed by atoms with E-state index < -0.39 is 23.7 Å². The number of benzene rings is 1. The van der Waals surface area contributed by atoms with E-state index in [4.69, 9.17) is 4.74 Å². The van der Waals surface area contributed by atoms with Crippen LogP contribution in [0.5, 0.6) is 0 Å². The number of carbonyl (C=O) groups excluding carboxylic acids is 3. The molecule has 0 radical (unpaired) electrons. The fourth-order valence-corrected chi connectivity index (χ4v) is 2.69. The van der Waals surface area contributed by atoms with Gasteiger partial charge in [-0.1, -0.05) is 25.5 Å². The molecule has 2 rings (SSSR count). The first-order chi connectivity index (χ1) is 11.0. The molecule has 1 heterocycles. The van der Waals surface area contributed by atoms with E-state index >= 15 is 0 Å². The lowest BCUT2D eigenvalue weighted by Gasteiger charge is -2.11. The zero-order valence-electron chi connectivity index (χ0n) is 12.6. The minimum atomic E-state index is -0.608. The third kappa shape index (κ3) is 4.66. The minimum absolute atomic E-state index is 0.197. The molecule has 0 aromatic heterocycles. The molecule has 23 heavy (non-hydrogen) atoms. The van der Waals surface area contributed by atoms with Gasteiger partial charge in [-0.25, -0.2) is 4.39 Å². The lowest BCUT2D eigenvalue weighted by atomic mass is 10.2. The number of hydrogen-bond acceptors (Lipinski definition) is 5. The lowest BCUT2D eigenvalue weighted by Crippen LogP contribution is -2.34. The van der Waals surface area contributed by atoms with E-state index in [0.717, 1.165) is 29.5 Å². The predicted octanol–water partition coefficient (Wildman–Crippen LogP) is 3.21. The van der Waals surface area contributed by atoms with Crippen molar-refractivity contribution in [2.24, 2.45) is 0 Å². The zero-order valence-corrected chi connectivity index (χ0v) is 13.4. The summed E-state index contributed by atoms with van der Waals surface area (Å²) < 4.78 is 17.8. The molecule has 1 aliphatic rings. The van der Waals surface area contributed by atoms with Gasteiger partial charge in [-0.3, -0.25) is 19.3 Å². The van der Waals surface area contributed by atoms with Gasteiger partial charge in [0.2, 0.25) is 0 Å². The Morgan fingerprint density at radius 1 is 1.30 bits per heavy atom. The van der Waals surface area contributed by atoms with Crippen LogP contribution in [0.4, 0.5) is 9.18 Å². The highest BCUT2D eigenvalue weighted by atomic mass is 32.2. The Kier molecular flexibility index (Phi) is 5.92. The molecule has 7 heteroatoms. The van der Waals surface area contributed by atoms with E-state index in [1.807, 2.05) is 6.92 Å². The normalized spacial score (nSPS) is 16.3. The summed E-state index contributed by atoms with van der Waals surface area (Å²) in [6, 6.07) is 5.53. The first-order valence-electron chi connectivity index (χ1n) is 7.18. The van der Waals surface area contributed by atoms with Gasteiger partial charge in [0.1, 0.15) is 12.4 Å². The molecule has 5 nitrogen and oxygen atoms in total. The van der Waals surface area contributed by atoms with E-state index in [1.165, 1.54) is 30.3 Å². The van der Waals surface area contributed by atoms with E-state index in [1.54, 1.807) is 0 Å². The van der Waals surface area contributed by atoms with Crippen molar-refractivity contribution in [1.82, 2.24) is 4.90 Å². The second-order valence-electron chi connectivity index (χ2n) is 4.89. The molecule has 0 unspecified atom stereocenters. The average molecular weight is 337 g/mol. The summed E-state index contributed by atoms with van der Waals surface area (Å²) in [5.74, 6) is -1.54. The van der Waals surface area contributed by atoms with Gasteiger partial charge in [-0.15, -0.1) is 0 Å². The van der Waals surface area contributed by atoms with E-state index in [0.29, 0.717) is 5.56 Å². The molecule has 1 aliphatic heterocycles. The monoisotopic (exact) mass is 337 g/mol. The summed E-state index contributed by atoms with van der Waals surface area (Å²) in [6.07, 6.45) is 3.11. The van der Waals surface area contributed by atoms with Crippen molar-refractivity contribution in [2.75, 3.05) is 13.2 Å². The van der Waals surface area contributed by atoms with E-state index in [2.05, 4.69) is 0 Å². The van der Waals surface area contributed by atoms with Gasteiger partial charge in [0, 0.05) is 0 Å². The summed E-state index contributed by atoms with van der Waals surface area (Å²) in [5.41, 5.74) is 0.599. The Morgan fingerprint density at radius 3 is 2.65 bits per heavy atom. The molecular weight excluding hydrogens is 321 g/mol. The van der Waals surface area contributed by atoms with Crippen molar-refractivity contribution < 1.29 is 23.5 Å². The molecule has 0 atom stereocenters. The van der Waals surface area contributed by atoms with Crippen LogP contribution in [-0.2, 0) is 14.3 Å². The second-order valence-corrected chi connectivity index (χ2v) is 5.89. The van der Waals surface area contributed by atoms with Crippen molar-refractivity contribution in [3.05, 3.63) is 40.6 Å². The maximum absolute atomic E-state index is 12.9. The Hall–Kier alpha value is -2.15. The number of rotatable bonds is 6. The average Bonchev–Trinajstić information content (AvgIpc) is 2.77. The van der Waals surface area contributed by atoms with Crippen molar-refractivity contribution in [3.63, 3.8) is 0 Å². The van der Waals surface area contributed by atoms with Crippen molar-refractivity contribution in [2.45, 2.75) is 19.8 Å². The van der Waals surface area contributed by atoms with Crippen LogP contribution < -0.4 is 0 Å². The van der Waals surface area contributed by atoms with E-state index in [9.17, 15) is 18.8 Å². The first-order valence-corrected chi connectivity index (χ1v) is 7.99. The zero-order chi connectivity index (χ0) is 16.8. The molecule has 0 N–H and O–H groups in total. The standard InChI is InChI=1S/C16H16FNO4S/c1-2-3-8-22-14(19)10-18-15(20)13(23-16(18)21)9-11-4-6-12(17)7-5-11/h4-7,9H,2-3,8,10H2,1H3/b13-9+. The van der Waals surface area contributed by atoms with Gasteiger partial charge in [-0.05, 0) is 42.0 Å². The first kappa shape index (κ1) is 17.2. The Morgan fingerprint density at radius 2 is 2.00 bits per heavy atom. The highest BCUT2D eigenvalue weighted by molar-refractivity contribution is 8.18. The molecule has 2 amide bonds. The highest BCUT2D eigenvalue weighted by Crippen LogP contribution is 2.32. The summed E-state index contributed by atoms with van der Waals surface area (Å²) in [5, 5.41) is -0.518. The smallest absolute Gasteiger partial charge is 0.326 e. The highest BCUT2D eigenvalue weighted by Gasteiger charge is 2.36. The van der Waals surface area contributed by atoms with Crippen LogP contribution in [0, 0.1) is 5.82 Å². The lowest BCUT2D eigenvalue weighted by molar-refractivity contribution is -0.146. The fourth-order valence-electron chi connectivity index (χ4n) is 1.85. The molecular formula is C16H16FNO4S. The van der Waals surface area contributed by atoms with Gasteiger partial charge < -0.3 is 4.74 Å². The quantitative estimate of drug-likeness (QED) is 0.453. The number of nitrogens with zero attached hydrogens (tertiary/aromatic N) is 1. The van der Waals surface area contributed by atoms with Gasteiger partial charge in [0.15, 0.2) is 0 Å². The molecule has 122 valence electrons. The second kappa shape index (κ2) is 7.92. The molecule has 0 bridgehead atoms. The third-order valence-corrected chi connectivity index (χ3v) is 4.00. The Bertz CT molecular complexity index is 642. The summed E-state index contributed by atoms with van der Waals surface area (Å²) in [6.45, 7) is 1.84. The predicted molar refractivity (Wildman–Crippen MR) is 84.9 cm³/mol. The van der Waals surface area contributed by atoms with Crippen molar-refractivity contribution >= 4 is 35.0 Å². The minimum Gasteiger partial charge on any atom is -0.464 e. The fraction of sp³-hybridized carbons (Fsp3) is 0.312. The van der Waals surface area contributed by atoms with Crippen molar-refractivity contribution in [1.29, 1.82) is 0 Å². The molecule has 0 aliphatic carbocycles. The summed E-state index contributed by atoms with van der Waals surface area (Å²) in [7, 11) is 0.